The Kier molecular flexibility index (Phi) is 5.99. The molecule has 12 rings (SSSR count). The van der Waals surface area contributed by atoms with Crippen LogP contribution in [0.25, 0.3) is 111 Å². The molecule has 0 bridgehead atoms. The molecule has 0 saturated heterocycles. The van der Waals surface area contributed by atoms with E-state index in [0.29, 0.717) is 11.6 Å². The fraction of sp³-hybridized carbons (Fsp3) is 0. The standard InChI is InChI=1S/C49H29N3O2/c1-3-14-30(15-4-1)31-16-13-17-32(26-31)37-28-40-48(46-36-22-9-12-25-45(36)53-47(37)46)54-49(50-40)52-42-24-11-8-21-35(42)39-27-38-34-20-7-10-23-41(34)51(43(38)29-44(39)52)33-18-5-2-6-19-33/h1-29H. The van der Waals surface area contributed by atoms with Crippen LogP contribution >= 0.6 is 0 Å². The molecule has 0 atom stereocenters. The van der Waals surface area contributed by atoms with Crippen LogP contribution in [-0.2, 0) is 0 Å². The Labute approximate surface area is 308 Å². The summed E-state index contributed by atoms with van der Waals surface area (Å²) in [5.74, 6) is 0. The van der Waals surface area contributed by atoms with E-state index in [1.165, 1.54) is 16.3 Å². The van der Waals surface area contributed by atoms with Gasteiger partial charge in [0.05, 0.1) is 27.5 Å². The van der Waals surface area contributed by atoms with Crippen LogP contribution in [0.5, 0.6) is 0 Å². The van der Waals surface area contributed by atoms with Crippen LogP contribution in [0.2, 0.25) is 0 Å². The van der Waals surface area contributed by atoms with Gasteiger partial charge in [-0.25, -0.2) is 0 Å². The van der Waals surface area contributed by atoms with Gasteiger partial charge < -0.3 is 13.4 Å². The highest BCUT2D eigenvalue weighted by atomic mass is 16.4. The molecular formula is C49H29N3O2. The zero-order valence-corrected chi connectivity index (χ0v) is 28.9. The predicted molar refractivity (Wildman–Crippen MR) is 221 cm³/mol. The van der Waals surface area contributed by atoms with Crippen molar-refractivity contribution in [3.8, 4) is 34.0 Å². The Hall–Kier alpha value is -7.37. The Morgan fingerprint density at radius 1 is 0.389 bits per heavy atom. The molecule has 4 aromatic heterocycles. The first-order valence-electron chi connectivity index (χ1n) is 18.2. The fourth-order valence-electron chi connectivity index (χ4n) is 8.56. The maximum Gasteiger partial charge on any atom is 0.307 e. The quantitative estimate of drug-likeness (QED) is 0.185. The number of rotatable bonds is 4. The molecule has 54 heavy (non-hydrogen) atoms. The molecule has 0 aliphatic rings. The second kappa shape index (κ2) is 11.1. The summed E-state index contributed by atoms with van der Waals surface area (Å²) in [5.41, 5.74) is 12.9. The average molecular weight is 692 g/mol. The molecule has 5 nitrogen and oxygen atoms in total. The number of hydrogen-bond acceptors (Lipinski definition) is 3. The second-order valence-electron chi connectivity index (χ2n) is 13.9. The normalized spacial score (nSPS) is 12.1. The number of benzene rings is 8. The molecule has 0 aliphatic carbocycles. The first-order valence-corrected chi connectivity index (χ1v) is 18.2. The highest BCUT2D eigenvalue weighted by Crippen LogP contribution is 2.44. The third-order valence-corrected chi connectivity index (χ3v) is 10.9. The van der Waals surface area contributed by atoms with E-state index in [9.17, 15) is 0 Å². The summed E-state index contributed by atoms with van der Waals surface area (Å²) in [7, 11) is 0. The number of aromatic nitrogens is 3. The first-order chi connectivity index (χ1) is 26.8. The zero-order valence-electron chi connectivity index (χ0n) is 28.9. The van der Waals surface area contributed by atoms with Gasteiger partial charge in [0.25, 0.3) is 0 Å². The van der Waals surface area contributed by atoms with E-state index in [1.807, 2.05) is 24.3 Å². The minimum atomic E-state index is 0.514. The van der Waals surface area contributed by atoms with Crippen LogP contribution in [0.15, 0.2) is 185 Å². The molecule has 0 unspecified atom stereocenters. The van der Waals surface area contributed by atoms with Crippen LogP contribution in [0.4, 0.5) is 0 Å². The van der Waals surface area contributed by atoms with E-state index in [-0.39, 0.29) is 0 Å². The van der Waals surface area contributed by atoms with E-state index >= 15 is 0 Å². The van der Waals surface area contributed by atoms with E-state index in [0.717, 1.165) is 82.7 Å². The van der Waals surface area contributed by atoms with Crippen molar-refractivity contribution in [3.63, 3.8) is 0 Å². The monoisotopic (exact) mass is 691 g/mol. The van der Waals surface area contributed by atoms with E-state index < -0.39 is 0 Å². The minimum Gasteiger partial charge on any atom is -0.455 e. The summed E-state index contributed by atoms with van der Waals surface area (Å²) in [4.78, 5) is 5.31. The Balaban J connectivity index is 1.16. The summed E-state index contributed by atoms with van der Waals surface area (Å²) in [6.45, 7) is 0. The topological polar surface area (TPSA) is 49.0 Å². The van der Waals surface area contributed by atoms with E-state index in [4.69, 9.17) is 13.8 Å². The molecule has 0 amide bonds. The Morgan fingerprint density at radius 3 is 1.78 bits per heavy atom. The first kappa shape index (κ1) is 29.2. The molecule has 252 valence electrons. The van der Waals surface area contributed by atoms with Crippen molar-refractivity contribution < 1.29 is 8.83 Å². The van der Waals surface area contributed by atoms with Gasteiger partial charge >= 0.3 is 6.01 Å². The molecule has 0 fully saturated rings. The fourth-order valence-corrected chi connectivity index (χ4v) is 8.56. The zero-order chi connectivity index (χ0) is 35.3. The lowest BCUT2D eigenvalue weighted by atomic mass is 9.97. The van der Waals surface area contributed by atoms with Crippen molar-refractivity contribution >= 4 is 76.6 Å². The lowest BCUT2D eigenvalue weighted by molar-refractivity contribution is 0.577. The van der Waals surface area contributed by atoms with E-state index in [2.05, 4.69) is 161 Å². The summed E-state index contributed by atoms with van der Waals surface area (Å²) in [6, 6.07) is 62.3. The van der Waals surface area contributed by atoms with Crippen molar-refractivity contribution in [3.05, 3.63) is 176 Å². The van der Waals surface area contributed by atoms with Gasteiger partial charge in [-0.2, -0.15) is 4.98 Å². The van der Waals surface area contributed by atoms with Crippen molar-refractivity contribution in [2.75, 3.05) is 0 Å². The molecule has 0 spiro atoms. The number of hydrogen-bond donors (Lipinski definition) is 0. The summed E-state index contributed by atoms with van der Waals surface area (Å²) in [6.07, 6.45) is 0. The maximum absolute atomic E-state index is 6.96. The van der Waals surface area contributed by atoms with Crippen molar-refractivity contribution in [1.29, 1.82) is 0 Å². The molecule has 0 saturated carbocycles. The van der Waals surface area contributed by atoms with Crippen molar-refractivity contribution in [2.45, 2.75) is 0 Å². The van der Waals surface area contributed by atoms with Crippen LogP contribution in [-0.4, -0.2) is 14.1 Å². The summed E-state index contributed by atoms with van der Waals surface area (Å²) in [5, 5.41) is 6.64. The van der Waals surface area contributed by atoms with Gasteiger partial charge in [-0.15, -0.1) is 0 Å². The molecule has 12 aromatic rings. The van der Waals surface area contributed by atoms with Crippen LogP contribution < -0.4 is 0 Å². The maximum atomic E-state index is 6.96. The van der Waals surface area contributed by atoms with Gasteiger partial charge in [0.15, 0.2) is 5.58 Å². The Morgan fingerprint density at radius 2 is 1.00 bits per heavy atom. The SMILES string of the molecule is c1ccc(-c2cccc(-c3cc4nc(-n5c6ccccc6c6cc7c8ccccc8n(-c8ccccc8)c7cc65)oc4c4c3oc3ccccc34)c2)cc1. The molecule has 4 heterocycles. The lowest BCUT2D eigenvalue weighted by Crippen LogP contribution is -1.95. The van der Waals surface area contributed by atoms with Gasteiger partial charge in [0.2, 0.25) is 0 Å². The van der Waals surface area contributed by atoms with Gasteiger partial charge in [-0.3, -0.25) is 4.57 Å². The molecule has 0 radical (unpaired) electrons. The van der Waals surface area contributed by atoms with Crippen LogP contribution in [0, 0.1) is 0 Å². The van der Waals surface area contributed by atoms with Crippen molar-refractivity contribution in [2.24, 2.45) is 0 Å². The largest absolute Gasteiger partial charge is 0.455 e. The number of oxazole rings is 1. The average Bonchev–Trinajstić information content (AvgIpc) is 3.99. The van der Waals surface area contributed by atoms with Crippen molar-refractivity contribution in [1.82, 2.24) is 14.1 Å². The van der Waals surface area contributed by atoms with Crippen LogP contribution in [0.3, 0.4) is 0 Å². The van der Waals surface area contributed by atoms with Gasteiger partial charge in [-0.05, 0) is 71.3 Å². The number of para-hydroxylation sites is 4. The lowest BCUT2D eigenvalue weighted by Gasteiger charge is -2.08. The third-order valence-electron chi connectivity index (χ3n) is 10.9. The molecular weight excluding hydrogens is 663 g/mol. The van der Waals surface area contributed by atoms with Gasteiger partial charge in [0.1, 0.15) is 16.7 Å². The smallest absolute Gasteiger partial charge is 0.307 e. The second-order valence-corrected chi connectivity index (χ2v) is 13.9. The highest BCUT2D eigenvalue weighted by molar-refractivity contribution is 6.21. The van der Waals surface area contributed by atoms with Gasteiger partial charge in [-0.1, -0.05) is 121 Å². The molecule has 0 aliphatic heterocycles. The number of furan rings is 1. The summed E-state index contributed by atoms with van der Waals surface area (Å²) < 4.78 is 18.2. The van der Waals surface area contributed by atoms with Crippen LogP contribution in [0.1, 0.15) is 0 Å². The Bertz CT molecular complexity index is 3440. The van der Waals surface area contributed by atoms with E-state index in [1.54, 1.807) is 0 Å². The number of fused-ring (bicyclic) bond motifs is 11. The highest BCUT2D eigenvalue weighted by Gasteiger charge is 2.24. The predicted octanol–water partition coefficient (Wildman–Crippen LogP) is 13.3. The molecule has 8 aromatic carbocycles. The molecule has 0 N–H and O–H groups in total. The third kappa shape index (κ3) is 4.12. The number of nitrogens with zero attached hydrogens (tertiary/aromatic N) is 3. The minimum absolute atomic E-state index is 0.514. The molecule has 5 heteroatoms. The van der Waals surface area contributed by atoms with Gasteiger partial charge in [0, 0.05) is 38.2 Å². The summed E-state index contributed by atoms with van der Waals surface area (Å²) >= 11 is 0.